The first-order valence-electron chi connectivity index (χ1n) is 9.58. The summed E-state index contributed by atoms with van der Waals surface area (Å²) in [7, 11) is 1.76. The smallest absolute Gasteiger partial charge is 0.191 e. The number of pyridine rings is 1. The standard InChI is InChI=1S/C21H28ClN5O/c1-15-13-27(14-16(2)28-15)20-9-6-18(11-24-20)12-26-21(23-3)25-10-17-4-7-19(22)8-5-17/h4-9,11,15-16H,10,12-14H2,1-3H3,(H2,23,25,26). The molecule has 1 aliphatic heterocycles. The van der Waals surface area contributed by atoms with Crippen molar-refractivity contribution in [2.24, 2.45) is 4.99 Å². The average Bonchev–Trinajstić information content (AvgIpc) is 2.69. The highest BCUT2D eigenvalue weighted by atomic mass is 35.5. The van der Waals surface area contributed by atoms with Crippen molar-refractivity contribution in [3.05, 3.63) is 58.7 Å². The summed E-state index contributed by atoms with van der Waals surface area (Å²) in [5.41, 5.74) is 2.25. The van der Waals surface area contributed by atoms with E-state index in [9.17, 15) is 0 Å². The van der Waals surface area contributed by atoms with Crippen LogP contribution in [-0.2, 0) is 17.8 Å². The highest BCUT2D eigenvalue weighted by molar-refractivity contribution is 6.30. The first-order valence-corrected chi connectivity index (χ1v) is 9.95. The number of aliphatic imine (C=N–C) groups is 1. The molecule has 3 rings (SSSR count). The van der Waals surface area contributed by atoms with E-state index in [4.69, 9.17) is 16.3 Å². The van der Waals surface area contributed by atoms with E-state index >= 15 is 0 Å². The number of ether oxygens (including phenoxy) is 1. The first-order chi connectivity index (χ1) is 13.5. The summed E-state index contributed by atoms with van der Waals surface area (Å²) in [6.45, 7) is 7.28. The Morgan fingerprint density at radius 3 is 2.25 bits per heavy atom. The molecule has 0 amide bonds. The number of guanidine groups is 1. The average molecular weight is 402 g/mol. The van der Waals surface area contributed by atoms with Gasteiger partial charge in [0.1, 0.15) is 5.82 Å². The van der Waals surface area contributed by atoms with Crippen LogP contribution in [0, 0.1) is 0 Å². The lowest BCUT2D eigenvalue weighted by molar-refractivity contribution is -0.00545. The van der Waals surface area contributed by atoms with E-state index < -0.39 is 0 Å². The molecule has 1 aromatic carbocycles. The lowest BCUT2D eigenvalue weighted by atomic mass is 10.2. The largest absolute Gasteiger partial charge is 0.372 e. The fraction of sp³-hybridized carbons (Fsp3) is 0.429. The second kappa shape index (κ2) is 9.75. The molecule has 7 heteroatoms. The number of benzene rings is 1. The molecular formula is C21H28ClN5O. The van der Waals surface area contributed by atoms with E-state index in [1.807, 2.05) is 30.5 Å². The van der Waals surface area contributed by atoms with Crippen LogP contribution in [-0.4, -0.2) is 43.3 Å². The molecule has 2 aromatic rings. The minimum absolute atomic E-state index is 0.224. The molecule has 1 fully saturated rings. The molecule has 2 N–H and O–H groups in total. The van der Waals surface area contributed by atoms with Gasteiger partial charge in [0.15, 0.2) is 5.96 Å². The van der Waals surface area contributed by atoms with Gasteiger partial charge in [0.2, 0.25) is 0 Å². The monoisotopic (exact) mass is 401 g/mol. The number of halogens is 1. The summed E-state index contributed by atoms with van der Waals surface area (Å²) < 4.78 is 5.79. The van der Waals surface area contributed by atoms with E-state index in [0.29, 0.717) is 13.1 Å². The van der Waals surface area contributed by atoms with Crippen LogP contribution >= 0.6 is 11.6 Å². The van der Waals surface area contributed by atoms with Gasteiger partial charge in [-0.2, -0.15) is 0 Å². The van der Waals surface area contributed by atoms with Gasteiger partial charge in [-0.3, -0.25) is 4.99 Å². The molecule has 2 atom stereocenters. The summed E-state index contributed by atoms with van der Waals surface area (Å²) in [6, 6.07) is 11.9. The third-order valence-electron chi connectivity index (χ3n) is 4.61. The molecule has 2 unspecified atom stereocenters. The fourth-order valence-electron chi connectivity index (χ4n) is 3.27. The van der Waals surface area contributed by atoms with E-state index in [1.165, 1.54) is 0 Å². The van der Waals surface area contributed by atoms with Crippen LogP contribution in [0.25, 0.3) is 0 Å². The number of aromatic nitrogens is 1. The van der Waals surface area contributed by atoms with Crippen LogP contribution in [0.4, 0.5) is 5.82 Å². The summed E-state index contributed by atoms with van der Waals surface area (Å²) in [5.74, 6) is 1.74. The van der Waals surface area contributed by atoms with Crippen LogP contribution in [0.5, 0.6) is 0 Å². The van der Waals surface area contributed by atoms with Gasteiger partial charge in [0.25, 0.3) is 0 Å². The van der Waals surface area contributed by atoms with Crippen molar-refractivity contribution in [2.45, 2.75) is 39.1 Å². The highest BCUT2D eigenvalue weighted by Crippen LogP contribution is 2.18. The SMILES string of the molecule is CN=C(NCc1ccc(Cl)cc1)NCc1ccc(N2CC(C)OC(C)C2)nc1. The lowest BCUT2D eigenvalue weighted by Gasteiger charge is -2.36. The van der Waals surface area contributed by atoms with Crippen molar-refractivity contribution in [2.75, 3.05) is 25.0 Å². The maximum Gasteiger partial charge on any atom is 0.191 e. The zero-order valence-corrected chi connectivity index (χ0v) is 17.4. The van der Waals surface area contributed by atoms with Crippen molar-refractivity contribution in [3.63, 3.8) is 0 Å². The Hall–Kier alpha value is -2.31. The van der Waals surface area contributed by atoms with Crippen molar-refractivity contribution >= 4 is 23.4 Å². The predicted octanol–water partition coefficient (Wildman–Crippen LogP) is 3.21. The Balaban J connectivity index is 1.50. The van der Waals surface area contributed by atoms with Crippen LogP contribution in [0.1, 0.15) is 25.0 Å². The molecule has 28 heavy (non-hydrogen) atoms. The summed E-state index contributed by atoms with van der Waals surface area (Å²) in [5, 5.41) is 7.36. The minimum atomic E-state index is 0.224. The summed E-state index contributed by atoms with van der Waals surface area (Å²) in [4.78, 5) is 11.2. The Bertz CT molecular complexity index is 768. The highest BCUT2D eigenvalue weighted by Gasteiger charge is 2.22. The van der Waals surface area contributed by atoms with Gasteiger partial charge in [-0.1, -0.05) is 29.8 Å². The third-order valence-corrected chi connectivity index (χ3v) is 4.86. The number of hydrogen-bond acceptors (Lipinski definition) is 4. The van der Waals surface area contributed by atoms with E-state index in [-0.39, 0.29) is 12.2 Å². The Kier molecular flexibility index (Phi) is 7.12. The molecular weight excluding hydrogens is 374 g/mol. The number of nitrogens with one attached hydrogen (secondary N) is 2. The van der Waals surface area contributed by atoms with Gasteiger partial charge in [-0.15, -0.1) is 0 Å². The fourth-order valence-corrected chi connectivity index (χ4v) is 3.39. The number of anilines is 1. The number of rotatable bonds is 5. The van der Waals surface area contributed by atoms with Crippen molar-refractivity contribution < 1.29 is 4.74 Å². The number of morpholine rings is 1. The second-order valence-electron chi connectivity index (χ2n) is 7.09. The zero-order chi connectivity index (χ0) is 19.9. The molecule has 0 saturated carbocycles. The van der Waals surface area contributed by atoms with Crippen LogP contribution in [0.3, 0.4) is 0 Å². The maximum atomic E-state index is 5.92. The molecule has 6 nitrogen and oxygen atoms in total. The number of hydrogen-bond donors (Lipinski definition) is 2. The van der Waals surface area contributed by atoms with E-state index in [2.05, 4.69) is 51.5 Å². The molecule has 2 heterocycles. The zero-order valence-electron chi connectivity index (χ0n) is 16.7. The molecule has 0 bridgehead atoms. The van der Waals surface area contributed by atoms with Gasteiger partial charge in [0.05, 0.1) is 12.2 Å². The molecule has 1 saturated heterocycles. The van der Waals surface area contributed by atoms with E-state index in [1.54, 1.807) is 7.05 Å². The van der Waals surface area contributed by atoms with Gasteiger partial charge >= 0.3 is 0 Å². The van der Waals surface area contributed by atoms with Gasteiger partial charge in [-0.05, 0) is 43.2 Å². The quantitative estimate of drug-likeness (QED) is 0.595. The molecule has 0 spiro atoms. The van der Waals surface area contributed by atoms with Crippen LogP contribution in [0.15, 0.2) is 47.6 Å². The number of nitrogens with zero attached hydrogens (tertiary/aromatic N) is 3. The Morgan fingerprint density at radius 2 is 1.68 bits per heavy atom. The second-order valence-corrected chi connectivity index (χ2v) is 7.53. The topological polar surface area (TPSA) is 61.8 Å². The Morgan fingerprint density at radius 1 is 1.07 bits per heavy atom. The van der Waals surface area contributed by atoms with Crippen molar-refractivity contribution in [1.29, 1.82) is 0 Å². The molecule has 1 aromatic heterocycles. The molecule has 150 valence electrons. The Labute approximate surface area is 172 Å². The first kappa shape index (κ1) is 20.4. The van der Waals surface area contributed by atoms with Crippen molar-refractivity contribution in [1.82, 2.24) is 15.6 Å². The lowest BCUT2D eigenvalue weighted by Crippen LogP contribution is -2.45. The van der Waals surface area contributed by atoms with Gasteiger partial charge in [0, 0.05) is 44.4 Å². The van der Waals surface area contributed by atoms with Crippen LogP contribution in [0.2, 0.25) is 5.02 Å². The van der Waals surface area contributed by atoms with Gasteiger partial charge < -0.3 is 20.3 Å². The molecule has 0 aliphatic carbocycles. The summed E-state index contributed by atoms with van der Waals surface area (Å²) in [6.07, 6.45) is 2.36. The summed E-state index contributed by atoms with van der Waals surface area (Å²) >= 11 is 5.92. The van der Waals surface area contributed by atoms with E-state index in [0.717, 1.165) is 41.0 Å². The third kappa shape index (κ3) is 5.84. The predicted molar refractivity (Wildman–Crippen MR) is 115 cm³/mol. The van der Waals surface area contributed by atoms with Crippen molar-refractivity contribution in [3.8, 4) is 0 Å². The normalized spacial score (nSPS) is 20.1. The molecule has 1 aliphatic rings. The van der Waals surface area contributed by atoms with Crippen LogP contribution < -0.4 is 15.5 Å². The maximum absolute atomic E-state index is 5.92. The minimum Gasteiger partial charge on any atom is -0.372 e. The van der Waals surface area contributed by atoms with Gasteiger partial charge in [-0.25, -0.2) is 4.98 Å². The molecule has 0 radical (unpaired) electrons.